The van der Waals surface area contributed by atoms with Crippen LogP contribution in [-0.4, -0.2) is 34.8 Å². The maximum absolute atomic E-state index is 12.3. The van der Waals surface area contributed by atoms with Crippen LogP contribution in [0, 0.1) is 0 Å². The fourth-order valence-corrected chi connectivity index (χ4v) is 3.61. The minimum Gasteiger partial charge on any atom is -0.431 e. The predicted molar refractivity (Wildman–Crippen MR) is 104 cm³/mol. The molecule has 1 aromatic heterocycles. The summed E-state index contributed by atoms with van der Waals surface area (Å²) in [6.45, 7) is 0.581. The number of hydrogen-bond acceptors (Lipinski definition) is 5. The van der Waals surface area contributed by atoms with Gasteiger partial charge in [0.05, 0.1) is 5.75 Å². The molecule has 3 rings (SSSR count). The van der Waals surface area contributed by atoms with Crippen molar-refractivity contribution in [3.05, 3.63) is 53.1 Å². The molecule has 1 heterocycles. The Morgan fingerprint density at radius 1 is 1.24 bits per heavy atom. The van der Waals surface area contributed by atoms with E-state index >= 15 is 0 Å². The average molecular weight is 393 g/mol. The van der Waals surface area contributed by atoms with E-state index in [0.29, 0.717) is 22.4 Å². The van der Waals surface area contributed by atoms with Gasteiger partial charge in [-0.15, -0.1) is 11.8 Å². The number of thioether (sulfide) groups is 2. The Morgan fingerprint density at radius 2 is 2.00 bits per heavy atom. The van der Waals surface area contributed by atoms with Crippen molar-refractivity contribution in [1.82, 2.24) is 9.88 Å². The molecular weight excluding hydrogens is 376 g/mol. The number of carbonyl (C=O) groups excluding carboxylic acids is 1. The fourth-order valence-electron chi connectivity index (χ4n) is 2.27. The van der Waals surface area contributed by atoms with Crippen molar-refractivity contribution >= 4 is 52.1 Å². The normalized spacial score (nSPS) is 11.0. The molecule has 0 aliphatic heterocycles. The number of amides is 1. The highest BCUT2D eigenvalue weighted by molar-refractivity contribution is 7.99. The second kappa shape index (κ2) is 8.17. The van der Waals surface area contributed by atoms with Gasteiger partial charge in [0.25, 0.3) is 5.22 Å². The molecule has 0 radical (unpaired) electrons. The largest absolute Gasteiger partial charge is 0.431 e. The van der Waals surface area contributed by atoms with Gasteiger partial charge in [0.1, 0.15) is 5.52 Å². The minimum absolute atomic E-state index is 0.0271. The molecule has 0 N–H and O–H groups in total. The lowest BCUT2D eigenvalue weighted by molar-refractivity contribution is -0.127. The van der Waals surface area contributed by atoms with Crippen LogP contribution in [0.2, 0.25) is 5.02 Å². The Hall–Kier alpha value is -1.63. The van der Waals surface area contributed by atoms with Crippen molar-refractivity contribution < 1.29 is 9.21 Å². The Morgan fingerprint density at radius 3 is 2.72 bits per heavy atom. The Balaban J connectivity index is 1.56. The summed E-state index contributed by atoms with van der Waals surface area (Å²) in [6.07, 6.45) is 2.04. The quantitative estimate of drug-likeness (QED) is 0.555. The number of aromatic nitrogens is 1. The summed E-state index contributed by atoms with van der Waals surface area (Å²) in [7, 11) is 1.80. The lowest BCUT2D eigenvalue weighted by Gasteiger charge is -2.16. The second-order valence-corrected chi connectivity index (χ2v) is 7.72. The lowest BCUT2D eigenvalue weighted by Crippen LogP contribution is -2.27. The van der Waals surface area contributed by atoms with Crippen LogP contribution in [0.3, 0.4) is 0 Å². The third-order valence-corrected chi connectivity index (χ3v) is 5.45. The number of nitrogens with zero attached hydrogens (tertiary/aromatic N) is 2. The van der Waals surface area contributed by atoms with Crippen LogP contribution in [0.5, 0.6) is 0 Å². The van der Waals surface area contributed by atoms with Crippen molar-refractivity contribution in [2.75, 3.05) is 19.1 Å². The summed E-state index contributed by atoms with van der Waals surface area (Å²) < 4.78 is 5.62. The summed E-state index contributed by atoms with van der Waals surface area (Å²) in [5.74, 6) is 0.305. The van der Waals surface area contributed by atoms with Gasteiger partial charge in [0.2, 0.25) is 5.91 Å². The van der Waals surface area contributed by atoms with E-state index < -0.39 is 0 Å². The summed E-state index contributed by atoms with van der Waals surface area (Å²) in [5.41, 5.74) is 2.47. The Kier molecular flexibility index (Phi) is 5.93. The molecule has 2 aromatic carbocycles. The van der Waals surface area contributed by atoms with E-state index in [9.17, 15) is 4.79 Å². The van der Waals surface area contributed by atoms with Crippen molar-refractivity contribution in [1.29, 1.82) is 0 Å². The molecule has 7 heteroatoms. The molecule has 3 aromatic rings. The summed E-state index contributed by atoms with van der Waals surface area (Å²) in [5, 5.41) is 1.08. The molecule has 0 aliphatic rings. The maximum Gasteiger partial charge on any atom is 0.257 e. The van der Waals surface area contributed by atoms with Gasteiger partial charge < -0.3 is 9.32 Å². The van der Waals surface area contributed by atoms with Crippen molar-refractivity contribution in [2.45, 2.75) is 16.7 Å². The molecular formula is C18H17ClN2O2S2. The van der Waals surface area contributed by atoms with Crippen LogP contribution in [0.25, 0.3) is 11.1 Å². The topological polar surface area (TPSA) is 46.3 Å². The van der Waals surface area contributed by atoms with Crippen molar-refractivity contribution in [3.63, 3.8) is 0 Å². The summed E-state index contributed by atoms with van der Waals surface area (Å²) in [6, 6.07) is 13.5. The van der Waals surface area contributed by atoms with E-state index in [4.69, 9.17) is 16.0 Å². The molecule has 0 atom stereocenters. The van der Waals surface area contributed by atoms with Gasteiger partial charge >= 0.3 is 0 Å². The second-order valence-electron chi connectivity index (χ2n) is 5.48. The van der Waals surface area contributed by atoms with Crippen LogP contribution < -0.4 is 0 Å². The van der Waals surface area contributed by atoms with Gasteiger partial charge in [-0.2, -0.15) is 0 Å². The van der Waals surface area contributed by atoms with Crippen LogP contribution in [0.4, 0.5) is 0 Å². The number of carbonyl (C=O) groups is 1. The third kappa shape index (κ3) is 4.71. The van der Waals surface area contributed by atoms with Gasteiger partial charge in [-0.3, -0.25) is 4.79 Å². The minimum atomic E-state index is 0.0271. The van der Waals surface area contributed by atoms with E-state index in [-0.39, 0.29) is 11.7 Å². The zero-order valence-corrected chi connectivity index (χ0v) is 16.2. The molecule has 0 unspecified atom stereocenters. The van der Waals surface area contributed by atoms with Gasteiger partial charge in [-0.25, -0.2) is 4.98 Å². The van der Waals surface area contributed by atoms with Gasteiger partial charge in [-0.05, 0) is 36.1 Å². The summed E-state index contributed by atoms with van der Waals surface area (Å²) >= 11 is 8.93. The van der Waals surface area contributed by atoms with E-state index in [1.54, 1.807) is 41.9 Å². The Labute approximate surface area is 159 Å². The molecule has 25 heavy (non-hydrogen) atoms. The number of hydrogen-bond donors (Lipinski definition) is 0. The first-order valence-corrected chi connectivity index (χ1v) is 10.2. The van der Waals surface area contributed by atoms with E-state index in [2.05, 4.69) is 17.1 Å². The van der Waals surface area contributed by atoms with Crippen LogP contribution >= 0.6 is 35.1 Å². The monoisotopic (exact) mass is 392 g/mol. The van der Waals surface area contributed by atoms with E-state index in [1.165, 1.54) is 16.7 Å². The van der Waals surface area contributed by atoms with Crippen LogP contribution in [-0.2, 0) is 11.3 Å². The fraction of sp³-hybridized carbons (Fsp3) is 0.222. The van der Waals surface area contributed by atoms with Crippen molar-refractivity contribution in [3.8, 4) is 0 Å². The first kappa shape index (κ1) is 18.2. The molecule has 0 saturated heterocycles. The van der Waals surface area contributed by atoms with Gasteiger partial charge in [-0.1, -0.05) is 35.5 Å². The highest BCUT2D eigenvalue weighted by Gasteiger charge is 2.13. The van der Waals surface area contributed by atoms with Gasteiger partial charge in [0, 0.05) is 29.6 Å². The van der Waals surface area contributed by atoms with Crippen LogP contribution in [0.1, 0.15) is 5.56 Å². The predicted octanol–water partition coefficient (Wildman–Crippen LogP) is 4.95. The lowest BCUT2D eigenvalue weighted by atomic mass is 10.2. The average Bonchev–Trinajstić information content (AvgIpc) is 3.02. The number of halogens is 1. The molecule has 0 saturated carbocycles. The SMILES string of the molecule is CSc1ccc(CN(C)C(=O)CSc2nc3ccc(Cl)cc3o2)cc1. The van der Waals surface area contributed by atoms with E-state index in [0.717, 1.165) is 11.1 Å². The highest BCUT2D eigenvalue weighted by Crippen LogP contribution is 2.26. The maximum atomic E-state index is 12.3. The zero-order valence-electron chi connectivity index (χ0n) is 13.9. The first-order valence-electron chi connectivity index (χ1n) is 7.61. The molecule has 1 amide bonds. The number of rotatable bonds is 6. The summed E-state index contributed by atoms with van der Waals surface area (Å²) in [4.78, 5) is 19.6. The highest BCUT2D eigenvalue weighted by atomic mass is 35.5. The van der Waals surface area contributed by atoms with Crippen LogP contribution in [0.15, 0.2) is 57.0 Å². The molecule has 0 aliphatic carbocycles. The Bertz CT molecular complexity index is 880. The molecule has 130 valence electrons. The van der Waals surface area contributed by atoms with Crippen molar-refractivity contribution in [2.24, 2.45) is 0 Å². The zero-order chi connectivity index (χ0) is 17.8. The first-order chi connectivity index (χ1) is 12.0. The van der Waals surface area contributed by atoms with Gasteiger partial charge in [0.15, 0.2) is 5.58 Å². The van der Waals surface area contributed by atoms with E-state index in [1.807, 2.05) is 18.4 Å². The number of oxazole rings is 1. The molecule has 0 fully saturated rings. The smallest absolute Gasteiger partial charge is 0.257 e. The standard InChI is InChI=1S/C18H17ClN2O2S2/c1-21(10-12-3-6-14(24-2)7-4-12)17(22)11-25-18-20-15-8-5-13(19)9-16(15)23-18/h3-9H,10-11H2,1-2H3. The number of benzene rings is 2. The third-order valence-electron chi connectivity index (χ3n) is 3.65. The molecule has 0 bridgehead atoms. The molecule has 0 spiro atoms. The molecule has 4 nitrogen and oxygen atoms in total. The number of fused-ring (bicyclic) bond motifs is 1.